The number of benzene rings is 1. The number of terminal acetylenes is 1. The predicted molar refractivity (Wildman–Crippen MR) is 171 cm³/mol. The summed E-state index contributed by atoms with van der Waals surface area (Å²) >= 11 is 6.17. The molecule has 1 fully saturated rings. The molecule has 0 spiro atoms. The molecule has 0 bridgehead atoms. The molecule has 1 saturated carbocycles. The van der Waals surface area contributed by atoms with Crippen LogP contribution < -0.4 is 10.6 Å². The number of aliphatic hydroxyl groups excluding tert-OH is 2. The zero-order chi connectivity index (χ0) is 31.4. The van der Waals surface area contributed by atoms with Crippen LogP contribution in [0.1, 0.15) is 91.5 Å². The normalized spacial score (nSPS) is 18.8. The van der Waals surface area contributed by atoms with Gasteiger partial charge in [-0.1, -0.05) is 69.7 Å². The van der Waals surface area contributed by atoms with Gasteiger partial charge in [-0.25, -0.2) is 0 Å². The van der Waals surface area contributed by atoms with E-state index in [2.05, 4.69) is 16.6 Å². The second-order valence-electron chi connectivity index (χ2n) is 13.2. The summed E-state index contributed by atoms with van der Waals surface area (Å²) in [6.07, 6.45) is 10.1. The van der Waals surface area contributed by atoms with E-state index in [-0.39, 0.29) is 18.1 Å². The molecule has 0 heterocycles. The molecule has 1 aromatic carbocycles. The van der Waals surface area contributed by atoms with Crippen molar-refractivity contribution in [3.05, 3.63) is 34.9 Å². The maximum atomic E-state index is 13.6. The third kappa shape index (κ3) is 12.4. The van der Waals surface area contributed by atoms with Gasteiger partial charge in [0.2, 0.25) is 11.8 Å². The summed E-state index contributed by atoms with van der Waals surface area (Å²) in [6, 6.07) is 5.45. The Kier molecular flexibility index (Phi) is 15.0. The Balaban J connectivity index is 2.25. The summed E-state index contributed by atoms with van der Waals surface area (Å²) in [5.74, 6) is 1.48. The van der Waals surface area contributed by atoms with Gasteiger partial charge in [0.1, 0.15) is 12.1 Å². The van der Waals surface area contributed by atoms with Crippen LogP contribution in [-0.2, 0) is 26.8 Å². The van der Waals surface area contributed by atoms with Crippen LogP contribution in [0.25, 0.3) is 0 Å². The second kappa shape index (κ2) is 17.4. The lowest BCUT2D eigenvalue weighted by Crippen LogP contribution is -2.56. The minimum atomic E-state index is -1.32. The average Bonchev–Trinajstić information content (AvgIpc) is 2.91. The molecule has 1 aliphatic carbocycles. The van der Waals surface area contributed by atoms with Crippen molar-refractivity contribution in [2.24, 2.45) is 17.8 Å². The third-order valence-corrected chi connectivity index (χ3v) is 10.2. The van der Waals surface area contributed by atoms with Gasteiger partial charge in [-0.05, 0) is 69.6 Å². The number of rotatable bonds is 15. The average molecular weight is 623 g/mol. The first-order valence-corrected chi connectivity index (χ1v) is 16.9. The van der Waals surface area contributed by atoms with Gasteiger partial charge in [0.15, 0.2) is 0 Å². The van der Waals surface area contributed by atoms with Crippen LogP contribution in [0.2, 0.25) is 5.02 Å². The standard InChI is InChI=1S/C33H51ClN2O5S/c1-7-12-27(32(40)36-28(20-23-13-9-8-10-14-23)30(38)29(37)17-22(2)3)35-31(39)25(21-42(41)33(4,5)6)18-24-15-11-16-26(34)19-24/h1,11,15-16,19,22-23,25,27-30,37-38H,8-10,12-14,17-18,20-21H2,2-6H3,(H,35,39)(H,36,40)/t25-,27+,28+,29+,30-,42?/m1/s1. The highest BCUT2D eigenvalue weighted by atomic mass is 35.5. The van der Waals surface area contributed by atoms with Gasteiger partial charge in [0.25, 0.3) is 0 Å². The van der Waals surface area contributed by atoms with Gasteiger partial charge in [-0.15, -0.1) is 12.3 Å². The number of amides is 2. The number of hydrogen-bond acceptors (Lipinski definition) is 5. The van der Waals surface area contributed by atoms with E-state index in [9.17, 15) is 24.0 Å². The van der Waals surface area contributed by atoms with Gasteiger partial charge >= 0.3 is 0 Å². The summed E-state index contributed by atoms with van der Waals surface area (Å²) in [6.45, 7) is 9.51. The zero-order valence-corrected chi connectivity index (χ0v) is 27.5. The Morgan fingerprint density at radius 2 is 1.79 bits per heavy atom. The largest absolute Gasteiger partial charge is 0.390 e. The lowest BCUT2D eigenvalue weighted by Gasteiger charge is -2.33. The van der Waals surface area contributed by atoms with Gasteiger partial charge < -0.3 is 20.8 Å². The Bertz CT molecular complexity index is 1080. The molecule has 9 heteroatoms. The Morgan fingerprint density at radius 1 is 1.12 bits per heavy atom. The Labute approximate surface area is 260 Å². The van der Waals surface area contributed by atoms with Crippen molar-refractivity contribution < 1.29 is 24.0 Å². The number of halogens is 1. The zero-order valence-electron chi connectivity index (χ0n) is 25.9. The third-order valence-electron chi connectivity index (χ3n) is 7.89. The Hall–Kier alpha value is -1.92. The van der Waals surface area contributed by atoms with Crippen molar-refractivity contribution in [2.45, 2.75) is 121 Å². The number of hydrogen-bond donors (Lipinski definition) is 4. The van der Waals surface area contributed by atoms with E-state index in [1.165, 1.54) is 6.42 Å². The minimum Gasteiger partial charge on any atom is -0.390 e. The molecule has 7 nitrogen and oxygen atoms in total. The lowest BCUT2D eigenvalue weighted by molar-refractivity contribution is -0.132. The van der Waals surface area contributed by atoms with E-state index < -0.39 is 57.6 Å². The highest BCUT2D eigenvalue weighted by molar-refractivity contribution is 7.86. The van der Waals surface area contributed by atoms with E-state index in [0.717, 1.165) is 31.2 Å². The molecule has 6 atom stereocenters. The summed E-state index contributed by atoms with van der Waals surface area (Å²) in [5, 5.41) is 28.1. The summed E-state index contributed by atoms with van der Waals surface area (Å²) in [4.78, 5) is 27.2. The molecule has 236 valence electrons. The van der Waals surface area contributed by atoms with Crippen molar-refractivity contribution in [1.82, 2.24) is 10.6 Å². The van der Waals surface area contributed by atoms with Crippen LogP contribution in [0, 0.1) is 30.1 Å². The van der Waals surface area contributed by atoms with Crippen LogP contribution in [0.15, 0.2) is 24.3 Å². The molecule has 42 heavy (non-hydrogen) atoms. The van der Waals surface area contributed by atoms with Gasteiger partial charge in [-0.2, -0.15) is 0 Å². The number of carbonyl (C=O) groups is 2. The number of carbonyl (C=O) groups excluding carboxylic acids is 2. The molecule has 2 amide bonds. The molecule has 0 aliphatic heterocycles. The lowest BCUT2D eigenvalue weighted by atomic mass is 9.82. The smallest absolute Gasteiger partial charge is 0.243 e. The van der Waals surface area contributed by atoms with Crippen LogP contribution in [0.3, 0.4) is 0 Å². The monoisotopic (exact) mass is 622 g/mol. The summed E-state index contributed by atoms with van der Waals surface area (Å²) in [5.41, 5.74) is 0.821. The fourth-order valence-corrected chi connectivity index (χ4v) is 6.81. The van der Waals surface area contributed by atoms with Crippen molar-refractivity contribution >= 4 is 34.2 Å². The molecule has 1 aromatic rings. The highest BCUT2D eigenvalue weighted by Gasteiger charge is 2.34. The fraction of sp³-hybridized carbons (Fsp3) is 0.697. The van der Waals surface area contributed by atoms with Gasteiger partial charge in [0.05, 0.1) is 18.1 Å². The van der Waals surface area contributed by atoms with Crippen molar-refractivity contribution in [3.8, 4) is 12.3 Å². The molecule has 1 unspecified atom stereocenters. The molecule has 0 aromatic heterocycles. The summed E-state index contributed by atoms with van der Waals surface area (Å²) in [7, 11) is -1.32. The molecule has 4 N–H and O–H groups in total. The first kappa shape index (κ1) is 36.3. The van der Waals surface area contributed by atoms with Crippen LogP contribution in [0.5, 0.6) is 0 Å². The number of aliphatic hydroxyl groups is 2. The van der Waals surface area contributed by atoms with E-state index in [1.807, 2.05) is 40.7 Å². The van der Waals surface area contributed by atoms with Gasteiger partial charge in [0, 0.05) is 32.7 Å². The predicted octanol–water partition coefficient (Wildman–Crippen LogP) is 4.78. The van der Waals surface area contributed by atoms with Crippen molar-refractivity contribution in [1.29, 1.82) is 0 Å². The molecule has 1 aliphatic rings. The van der Waals surface area contributed by atoms with E-state index >= 15 is 0 Å². The van der Waals surface area contributed by atoms with Gasteiger partial charge in [-0.3, -0.25) is 13.8 Å². The van der Waals surface area contributed by atoms with Crippen LogP contribution in [-0.4, -0.2) is 61.0 Å². The molecular formula is C33H51ClN2O5S. The quantitative estimate of drug-likeness (QED) is 0.210. The molecule has 2 rings (SSSR count). The molecular weight excluding hydrogens is 572 g/mol. The van der Waals surface area contributed by atoms with Crippen LogP contribution in [0.4, 0.5) is 0 Å². The summed E-state index contributed by atoms with van der Waals surface area (Å²) < 4.78 is 12.5. The topological polar surface area (TPSA) is 116 Å². The number of nitrogens with one attached hydrogen (secondary N) is 2. The van der Waals surface area contributed by atoms with E-state index in [1.54, 1.807) is 18.2 Å². The highest BCUT2D eigenvalue weighted by Crippen LogP contribution is 2.29. The molecule has 0 saturated heterocycles. The SMILES string of the molecule is C#CC[C@H](NC(=O)[C@H](Cc1cccc(Cl)c1)CS(=O)C(C)(C)C)C(=O)N[C@@H](CC1CCCCC1)[C@@H](O)[C@@H](O)CC(C)C. The van der Waals surface area contributed by atoms with Crippen LogP contribution >= 0.6 is 11.6 Å². The minimum absolute atomic E-state index is 0.0510. The second-order valence-corrected chi connectivity index (χ2v) is 15.9. The fourth-order valence-electron chi connectivity index (χ4n) is 5.46. The van der Waals surface area contributed by atoms with E-state index in [4.69, 9.17) is 18.0 Å². The van der Waals surface area contributed by atoms with Crippen molar-refractivity contribution in [2.75, 3.05) is 5.75 Å². The van der Waals surface area contributed by atoms with Crippen molar-refractivity contribution in [3.63, 3.8) is 0 Å². The van der Waals surface area contributed by atoms with E-state index in [0.29, 0.717) is 30.2 Å². The maximum absolute atomic E-state index is 13.6. The molecule has 0 radical (unpaired) electrons. The first-order valence-electron chi connectivity index (χ1n) is 15.2. The Morgan fingerprint density at radius 3 is 2.36 bits per heavy atom. The maximum Gasteiger partial charge on any atom is 0.243 e. The first-order chi connectivity index (χ1) is 19.7.